The van der Waals surface area contributed by atoms with E-state index in [4.69, 9.17) is 4.74 Å². The molecule has 2 rings (SSSR count). The lowest BCUT2D eigenvalue weighted by atomic mass is 10.3. The maximum Gasteiger partial charge on any atom is 0.311 e. The molecule has 0 saturated carbocycles. The molecule has 1 amide bonds. The molecule has 6 nitrogen and oxygen atoms in total. The summed E-state index contributed by atoms with van der Waals surface area (Å²) in [6.45, 7) is 5.11. The normalized spacial score (nSPS) is 15.1. The molecule has 0 radical (unpaired) electrons. The summed E-state index contributed by atoms with van der Waals surface area (Å²) in [5.74, 6) is -0.325. The van der Waals surface area contributed by atoms with Crippen LogP contribution >= 0.6 is 11.3 Å². The average molecular weight is 311 g/mol. The quantitative estimate of drug-likeness (QED) is 0.776. The number of hydrogen-bond acceptors (Lipinski definition) is 6. The van der Waals surface area contributed by atoms with Gasteiger partial charge in [-0.3, -0.25) is 9.59 Å². The van der Waals surface area contributed by atoms with Crippen LogP contribution in [0.3, 0.4) is 0 Å². The van der Waals surface area contributed by atoms with E-state index in [1.807, 2.05) is 0 Å². The molecule has 1 N–H and O–H groups in total. The highest BCUT2D eigenvalue weighted by Crippen LogP contribution is 2.16. The minimum atomic E-state index is -0.297. The van der Waals surface area contributed by atoms with Crippen molar-refractivity contribution in [2.24, 2.45) is 0 Å². The molecule has 21 heavy (non-hydrogen) atoms. The van der Waals surface area contributed by atoms with Crippen molar-refractivity contribution < 1.29 is 14.3 Å². The lowest BCUT2D eigenvalue weighted by molar-refractivity contribution is -0.142. The van der Waals surface area contributed by atoms with Crippen LogP contribution in [-0.4, -0.2) is 48.0 Å². The standard InChI is InChI=1S/C14H21N3O3S/c1-2-20-13(19)9-11-10-21-14(15-11)16-12(18)5-8-17-6-3-4-7-17/h10H,2-9H2,1H3,(H,15,16,18). The Morgan fingerprint density at radius 2 is 2.19 bits per heavy atom. The third-order valence-corrected chi connectivity index (χ3v) is 4.09. The molecule has 7 heteroatoms. The minimum Gasteiger partial charge on any atom is -0.466 e. The molecule has 0 aliphatic carbocycles. The molecular formula is C14H21N3O3S. The van der Waals surface area contributed by atoms with Gasteiger partial charge >= 0.3 is 5.97 Å². The van der Waals surface area contributed by atoms with Gasteiger partial charge in [0.25, 0.3) is 0 Å². The van der Waals surface area contributed by atoms with Crippen molar-refractivity contribution >= 4 is 28.3 Å². The molecule has 116 valence electrons. The van der Waals surface area contributed by atoms with Gasteiger partial charge in [0.2, 0.25) is 5.91 Å². The summed E-state index contributed by atoms with van der Waals surface area (Å²) in [5.41, 5.74) is 0.633. The number of anilines is 1. The van der Waals surface area contributed by atoms with Gasteiger partial charge in [-0.05, 0) is 32.9 Å². The second kappa shape index (κ2) is 8.09. The summed E-state index contributed by atoms with van der Waals surface area (Å²) in [6.07, 6.45) is 3.08. The maximum absolute atomic E-state index is 11.8. The van der Waals surface area contributed by atoms with Crippen LogP contribution in [0.4, 0.5) is 5.13 Å². The lowest BCUT2D eigenvalue weighted by Gasteiger charge is -2.13. The summed E-state index contributed by atoms with van der Waals surface area (Å²) in [6, 6.07) is 0. The van der Waals surface area contributed by atoms with E-state index in [1.54, 1.807) is 12.3 Å². The fourth-order valence-corrected chi connectivity index (χ4v) is 2.98. The number of carbonyl (C=O) groups is 2. The first kappa shape index (κ1) is 15.9. The molecule has 0 bridgehead atoms. The van der Waals surface area contributed by atoms with Crippen LogP contribution in [0.15, 0.2) is 5.38 Å². The summed E-state index contributed by atoms with van der Waals surface area (Å²) < 4.78 is 4.86. The van der Waals surface area contributed by atoms with Gasteiger partial charge in [0.05, 0.1) is 18.7 Å². The van der Waals surface area contributed by atoms with E-state index in [2.05, 4.69) is 15.2 Å². The Morgan fingerprint density at radius 1 is 1.43 bits per heavy atom. The molecule has 2 heterocycles. The van der Waals surface area contributed by atoms with E-state index in [1.165, 1.54) is 24.2 Å². The fraction of sp³-hybridized carbons (Fsp3) is 0.643. The van der Waals surface area contributed by atoms with Crippen LogP contribution in [0.25, 0.3) is 0 Å². The predicted molar refractivity (Wildman–Crippen MR) is 81.4 cm³/mol. The van der Waals surface area contributed by atoms with Crippen LogP contribution in [-0.2, 0) is 20.7 Å². The Labute approximate surface area is 128 Å². The van der Waals surface area contributed by atoms with Gasteiger partial charge in [-0.15, -0.1) is 11.3 Å². The van der Waals surface area contributed by atoms with Crippen molar-refractivity contribution in [3.8, 4) is 0 Å². The monoisotopic (exact) mass is 311 g/mol. The highest BCUT2D eigenvalue weighted by Gasteiger charge is 2.14. The predicted octanol–water partition coefficient (Wildman–Crippen LogP) is 1.67. The van der Waals surface area contributed by atoms with E-state index in [0.29, 0.717) is 23.9 Å². The topological polar surface area (TPSA) is 71.5 Å². The summed E-state index contributed by atoms with van der Waals surface area (Å²) in [5, 5.41) is 5.09. The molecule has 0 atom stereocenters. The van der Waals surface area contributed by atoms with E-state index in [9.17, 15) is 9.59 Å². The molecular weight excluding hydrogens is 290 g/mol. The number of rotatable bonds is 7. The van der Waals surface area contributed by atoms with Crippen molar-refractivity contribution in [1.82, 2.24) is 9.88 Å². The highest BCUT2D eigenvalue weighted by atomic mass is 32.1. The molecule has 1 fully saturated rings. The van der Waals surface area contributed by atoms with Gasteiger partial charge in [-0.2, -0.15) is 0 Å². The van der Waals surface area contributed by atoms with Crippen molar-refractivity contribution in [3.63, 3.8) is 0 Å². The molecule has 1 saturated heterocycles. The molecule has 1 aromatic heterocycles. The first-order valence-corrected chi connectivity index (χ1v) is 8.17. The van der Waals surface area contributed by atoms with E-state index < -0.39 is 0 Å². The highest BCUT2D eigenvalue weighted by molar-refractivity contribution is 7.13. The molecule has 1 aliphatic rings. The third kappa shape index (κ3) is 5.43. The first-order chi connectivity index (χ1) is 10.2. The zero-order valence-electron chi connectivity index (χ0n) is 12.3. The van der Waals surface area contributed by atoms with E-state index in [0.717, 1.165) is 19.6 Å². The number of nitrogens with one attached hydrogen (secondary N) is 1. The second-order valence-electron chi connectivity index (χ2n) is 4.97. The number of carbonyl (C=O) groups excluding carboxylic acids is 2. The van der Waals surface area contributed by atoms with Gasteiger partial charge in [0, 0.05) is 18.3 Å². The Hall–Kier alpha value is -1.47. The number of hydrogen-bond donors (Lipinski definition) is 1. The third-order valence-electron chi connectivity index (χ3n) is 3.28. The SMILES string of the molecule is CCOC(=O)Cc1csc(NC(=O)CCN2CCCC2)n1. The average Bonchev–Trinajstić information content (AvgIpc) is 3.08. The van der Waals surface area contributed by atoms with Crippen molar-refractivity contribution in [1.29, 1.82) is 0 Å². The Balaban J connectivity index is 1.73. The van der Waals surface area contributed by atoms with Crippen molar-refractivity contribution in [2.75, 3.05) is 31.6 Å². The van der Waals surface area contributed by atoms with E-state index in [-0.39, 0.29) is 18.3 Å². The Bertz CT molecular complexity index is 484. The number of amides is 1. The summed E-state index contributed by atoms with van der Waals surface area (Å²) >= 11 is 1.33. The number of ether oxygens (including phenoxy) is 1. The number of esters is 1. The van der Waals surface area contributed by atoms with Crippen molar-refractivity contribution in [2.45, 2.75) is 32.6 Å². The van der Waals surface area contributed by atoms with Crippen LogP contribution in [0.1, 0.15) is 31.9 Å². The zero-order chi connectivity index (χ0) is 15.1. The minimum absolute atomic E-state index is 0.0288. The number of thiazole rings is 1. The second-order valence-corrected chi connectivity index (χ2v) is 5.83. The fourth-order valence-electron chi connectivity index (χ4n) is 2.25. The summed E-state index contributed by atoms with van der Waals surface area (Å²) in [4.78, 5) is 29.7. The van der Waals surface area contributed by atoms with Gasteiger partial charge in [0.15, 0.2) is 5.13 Å². The molecule has 1 aliphatic heterocycles. The largest absolute Gasteiger partial charge is 0.466 e. The maximum atomic E-state index is 11.8. The van der Waals surface area contributed by atoms with Gasteiger partial charge in [-0.1, -0.05) is 0 Å². The zero-order valence-corrected chi connectivity index (χ0v) is 13.1. The van der Waals surface area contributed by atoms with Crippen LogP contribution in [0, 0.1) is 0 Å². The van der Waals surface area contributed by atoms with Crippen LogP contribution < -0.4 is 5.32 Å². The number of likely N-dealkylation sites (tertiary alicyclic amines) is 1. The molecule has 0 aromatic carbocycles. The Morgan fingerprint density at radius 3 is 2.90 bits per heavy atom. The number of aromatic nitrogens is 1. The van der Waals surface area contributed by atoms with E-state index >= 15 is 0 Å². The first-order valence-electron chi connectivity index (χ1n) is 7.29. The molecule has 1 aromatic rings. The number of nitrogens with zero attached hydrogens (tertiary/aromatic N) is 2. The van der Waals surface area contributed by atoms with Gasteiger partial charge in [-0.25, -0.2) is 4.98 Å². The summed E-state index contributed by atoms with van der Waals surface area (Å²) in [7, 11) is 0. The van der Waals surface area contributed by atoms with Gasteiger partial charge < -0.3 is 15.0 Å². The van der Waals surface area contributed by atoms with Crippen LogP contribution in [0.2, 0.25) is 0 Å². The Kier molecular flexibility index (Phi) is 6.13. The molecule has 0 unspecified atom stereocenters. The van der Waals surface area contributed by atoms with Gasteiger partial charge in [0.1, 0.15) is 0 Å². The van der Waals surface area contributed by atoms with Crippen LogP contribution in [0.5, 0.6) is 0 Å². The lowest BCUT2D eigenvalue weighted by Crippen LogP contribution is -2.25. The smallest absolute Gasteiger partial charge is 0.311 e. The van der Waals surface area contributed by atoms with Crippen molar-refractivity contribution in [3.05, 3.63) is 11.1 Å². The molecule has 0 spiro atoms.